The lowest BCUT2D eigenvalue weighted by atomic mass is 9.97. The average Bonchev–Trinajstić information content (AvgIpc) is 2.58. The van der Waals surface area contributed by atoms with Gasteiger partial charge < -0.3 is 50.0 Å². The highest BCUT2D eigenvalue weighted by Crippen LogP contribution is 2.29. The van der Waals surface area contributed by atoms with Crippen LogP contribution in [0.15, 0.2) is 0 Å². The van der Waals surface area contributed by atoms with Crippen LogP contribution in [0.3, 0.4) is 0 Å². The maximum atomic E-state index is 12.4. The maximum absolute atomic E-state index is 12.4. The van der Waals surface area contributed by atoms with Crippen LogP contribution in [0.5, 0.6) is 0 Å². The fourth-order valence-corrected chi connectivity index (χ4v) is 2.62. The van der Waals surface area contributed by atoms with Gasteiger partial charge in [0.1, 0.15) is 48.8 Å². The van der Waals surface area contributed by atoms with Crippen LogP contribution >= 0.6 is 0 Å². The molecule has 24 heavy (non-hydrogen) atoms. The molecule has 0 aliphatic carbocycles. The monoisotopic (exact) mass is 360 g/mol. The van der Waals surface area contributed by atoms with Crippen molar-refractivity contribution in [2.24, 2.45) is 0 Å². The minimum Gasteiger partial charge on any atom is -0.394 e. The summed E-state index contributed by atoms with van der Waals surface area (Å²) in [7, 11) is 0. The molecule has 11 nitrogen and oxygen atoms in total. The van der Waals surface area contributed by atoms with E-state index in [-0.39, 0.29) is 0 Å². The molecule has 0 aromatic rings. The Morgan fingerprint density at radius 1 is 0.708 bits per heavy atom. The van der Waals surface area contributed by atoms with Crippen LogP contribution in [-0.2, 0) is 19.2 Å². The number of aliphatic hydroxyl groups is 7. The van der Waals surface area contributed by atoms with Gasteiger partial charge in [0.15, 0.2) is 6.29 Å². The Hall–Kier alpha value is -0.510. The molecule has 0 amide bonds. The van der Waals surface area contributed by atoms with Crippen molar-refractivity contribution in [2.75, 3.05) is 13.2 Å². The van der Waals surface area contributed by atoms with E-state index in [9.17, 15) is 30.1 Å². The Kier molecular flexibility index (Phi) is 6.81. The minimum absolute atomic E-state index is 0.709. The number of hydrogen-bond acceptors (Lipinski definition) is 11. The molecule has 2 aliphatic rings. The smallest absolute Gasteiger partial charge is 0.225 e. The molecule has 2 saturated heterocycles. The second kappa shape index (κ2) is 8.25. The molecular formula is C12H21FO11. The van der Waals surface area contributed by atoms with E-state index in [1.54, 1.807) is 0 Å². The Balaban J connectivity index is 2.14. The van der Waals surface area contributed by atoms with E-state index in [0.717, 1.165) is 0 Å². The third-order valence-electron chi connectivity index (χ3n) is 4.05. The van der Waals surface area contributed by atoms with Gasteiger partial charge in [0.25, 0.3) is 0 Å². The summed E-state index contributed by atoms with van der Waals surface area (Å²) in [6.45, 7) is -1.46. The van der Waals surface area contributed by atoms with Gasteiger partial charge in [-0.1, -0.05) is 0 Å². The lowest BCUT2D eigenvalue weighted by molar-refractivity contribution is -0.388. The number of halogens is 1. The highest BCUT2D eigenvalue weighted by molar-refractivity contribution is 4.93. The Bertz CT molecular complexity index is 383. The molecule has 0 aromatic heterocycles. The molecule has 0 saturated carbocycles. The molecule has 2 aliphatic heterocycles. The van der Waals surface area contributed by atoms with Crippen molar-refractivity contribution < 1.29 is 59.4 Å². The zero-order valence-electron chi connectivity index (χ0n) is 12.3. The standard InChI is InChI=1S/C12H21FO11/c13-24-12-9(20)10(6(17)4(2-15)22-12)23-11-8(19)7(18)5(16)3(1-14)21-11/h3-12,14-20H,1-2H2/t3-,4-,5+,6-,7+,8-,9-,10+,11?,12?/m1/s1. The maximum Gasteiger partial charge on any atom is 0.225 e. The van der Waals surface area contributed by atoms with Crippen molar-refractivity contribution in [3.8, 4) is 0 Å². The SMILES string of the molecule is OC[C@H]1OC(O[C@H]2[C@H](O)[C@@H](CO)OC(OF)[C@@H]2O)[C@H](O)[C@@H](O)[C@H]1O. The molecule has 0 spiro atoms. The summed E-state index contributed by atoms with van der Waals surface area (Å²) in [6.07, 6.45) is -16.5. The van der Waals surface area contributed by atoms with Crippen molar-refractivity contribution in [3.05, 3.63) is 0 Å². The predicted octanol–water partition coefficient (Wildman–Crippen LogP) is -4.49. The van der Waals surface area contributed by atoms with Gasteiger partial charge in [0, 0.05) is 0 Å². The summed E-state index contributed by atoms with van der Waals surface area (Å²) >= 11 is 0. The van der Waals surface area contributed by atoms with E-state index in [0.29, 0.717) is 0 Å². The number of rotatable bonds is 5. The molecule has 2 fully saturated rings. The molecule has 2 unspecified atom stereocenters. The van der Waals surface area contributed by atoms with Crippen LogP contribution in [0.2, 0.25) is 0 Å². The average molecular weight is 360 g/mol. The first-order valence-corrected chi connectivity index (χ1v) is 7.21. The summed E-state index contributed by atoms with van der Waals surface area (Å²) in [6, 6.07) is 0. The van der Waals surface area contributed by atoms with Crippen molar-refractivity contribution in [1.82, 2.24) is 0 Å². The summed E-state index contributed by atoms with van der Waals surface area (Å²) in [5.74, 6) is 0. The normalized spacial score (nSPS) is 50.0. The summed E-state index contributed by atoms with van der Waals surface area (Å²) in [5.41, 5.74) is 0. The molecule has 142 valence electrons. The van der Waals surface area contributed by atoms with Gasteiger partial charge in [0.05, 0.1) is 13.2 Å². The first-order valence-electron chi connectivity index (χ1n) is 7.21. The zero-order chi connectivity index (χ0) is 18.0. The van der Waals surface area contributed by atoms with Gasteiger partial charge in [-0.25, -0.2) is 0 Å². The van der Waals surface area contributed by atoms with Gasteiger partial charge in [-0.15, -0.1) is 0 Å². The molecule has 10 atom stereocenters. The molecule has 0 radical (unpaired) electrons. The van der Waals surface area contributed by atoms with E-state index in [2.05, 4.69) is 4.94 Å². The molecule has 0 bridgehead atoms. The molecule has 2 heterocycles. The van der Waals surface area contributed by atoms with Gasteiger partial charge in [-0.2, -0.15) is 4.94 Å². The topological polar surface area (TPSA) is 179 Å². The largest absolute Gasteiger partial charge is 0.394 e. The lowest BCUT2D eigenvalue weighted by Crippen LogP contribution is -2.64. The van der Waals surface area contributed by atoms with Gasteiger partial charge in [0.2, 0.25) is 6.29 Å². The van der Waals surface area contributed by atoms with E-state index >= 15 is 0 Å². The predicted molar refractivity (Wildman–Crippen MR) is 68.6 cm³/mol. The quantitative estimate of drug-likeness (QED) is 0.251. The molecule has 7 N–H and O–H groups in total. The Morgan fingerprint density at radius 3 is 1.79 bits per heavy atom. The van der Waals surface area contributed by atoms with Crippen LogP contribution in [0.1, 0.15) is 0 Å². The second-order valence-electron chi connectivity index (χ2n) is 5.59. The summed E-state index contributed by atoms with van der Waals surface area (Å²) < 4.78 is 27.5. The van der Waals surface area contributed by atoms with E-state index in [1.165, 1.54) is 0 Å². The number of aliphatic hydroxyl groups excluding tert-OH is 7. The molecule has 2 rings (SSSR count). The number of hydrogen-bond donors (Lipinski definition) is 7. The fraction of sp³-hybridized carbons (Fsp3) is 1.00. The molecular weight excluding hydrogens is 339 g/mol. The highest BCUT2D eigenvalue weighted by Gasteiger charge is 2.51. The summed E-state index contributed by atoms with van der Waals surface area (Å²) in [5, 5.41) is 67.4. The molecule has 0 aromatic carbocycles. The van der Waals surface area contributed by atoms with Gasteiger partial charge in [-0.3, -0.25) is 0 Å². The number of ether oxygens (including phenoxy) is 3. The van der Waals surface area contributed by atoms with Crippen molar-refractivity contribution in [1.29, 1.82) is 0 Å². The summed E-state index contributed by atoms with van der Waals surface area (Å²) in [4.78, 5) is 3.40. The van der Waals surface area contributed by atoms with Crippen LogP contribution in [0, 0.1) is 0 Å². The Morgan fingerprint density at radius 2 is 1.25 bits per heavy atom. The van der Waals surface area contributed by atoms with E-state index < -0.39 is 74.6 Å². The van der Waals surface area contributed by atoms with Crippen molar-refractivity contribution in [2.45, 2.75) is 61.4 Å². The fourth-order valence-electron chi connectivity index (χ4n) is 2.62. The van der Waals surface area contributed by atoms with Crippen LogP contribution in [0.25, 0.3) is 0 Å². The van der Waals surface area contributed by atoms with Gasteiger partial charge in [-0.05, 0) is 4.53 Å². The zero-order valence-corrected chi connectivity index (χ0v) is 12.3. The van der Waals surface area contributed by atoms with Crippen molar-refractivity contribution in [3.63, 3.8) is 0 Å². The van der Waals surface area contributed by atoms with Crippen molar-refractivity contribution >= 4 is 0 Å². The van der Waals surface area contributed by atoms with Gasteiger partial charge >= 0.3 is 0 Å². The first kappa shape index (κ1) is 19.8. The minimum atomic E-state index is -1.87. The highest BCUT2D eigenvalue weighted by atomic mass is 19.3. The van der Waals surface area contributed by atoms with Crippen LogP contribution in [-0.4, -0.2) is 110 Å². The third-order valence-corrected chi connectivity index (χ3v) is 4.05. The van der Waals surface area contributed by atoms with Crippen LogP contribution < -0.4 is 0 Å². The molecule has 12 heteroatoms. The Labute approximate surface area is 135 Å². The first-order chi connectivity index (χ1) is 11.3. The van der Waals surface area contributed by atoms with E-state index in [4.69, 9.17) is 24.4 Å². The van der Waals surface area contributed by atoms with Crippen LogP contribution in [0.4, 0.5) is 4.53 Å². The van der Waals surface area contributed by atoms with E-state index in [1.807, 2.05) is 0 Å². The third kappa shape index (κ3) is 3.68. The second-order valence-corrected chi connectivity index (χ2v) is 5.59. The lowest BCUT2D eigenvalue weighted by Gasteiger charge is -2.45.